The van der Waals surface area contributed by atoms with Crippen molar-refractivity contribution in [3.05, 3.63) is 58.9 Å². The summed E-state index contributed by atoms with van der Waals surface area (Å²) in [5.74, 6) is -2.15. The van der Waals surface area contributed by atoms with E-state index in [1.54, 1.807) is 0 Å². The van der Waals surface area contributed by atoms with Gasteiger partial charge >= 0.3 is 6.18 Å². The fourth-order valence-electron chi connectivity index (χ4n) is 2.25. The molecule has 1 N–H and O–H groups in total. The number of hydrogen-bond acceptors (Lipinski definition) is 2. The number of carbonyl (C=O) groups is 2. The molecule has 0 spiro atoms. The molecule has 0 aromatic heterocycles. The van der Waals surface area contributed by atoms with Crippen molar-refractivity contribution >= 4 is 34.8 Å². The van der Waals surface area contributed by atoms with Gasteiger partial charge < -0.3 is 10.2 Å². The van der Waals surface area contributed by atoms with Gasteiger partial charge in [-0.1, -0.05) is 17.7 Å². The Bertz CT molecular complexity index is 840. The largest absolute Gasteiger partial charge is 0.418 e. The maximum Gasteiger partial charge on any atom is 0.418 e. The highest BCUT2D eigenvalue weighted by Gasteiger charge is 2.36. The number of alkyl halides is 3. The van der Waals surface area contributed by atoms with Crippen LogP contribution in [0.5, 0.6) is 0 Å². The van der Waals surface area contributed by atoms with Crippen molar-refractivity contribution in [2.75, 3.05) is 16.8 Å². The molecule has 2 rings (SSSR count). The predicted molar refractivity (Wildman–Crippen MR) is 89.5 cm³/mol. The SMILES string of the molecule is CC(=O)N(CC(=O)Nc1cccc(F)c1)c1ccc(Cl)cc1C(F)(F)F. The topological polar surface area (TPSA) is 49.4 Å². The van der Waals surface area contributed by atoms with E-state index in [9.17, 15) is 27.2 Å². The first-order chi connectivity index (χ1) is 12.1. The first-order valence-corrected chi connectivity index (χ1v) is 7.66. The molecule has 0 unspecified atom stereocenters. The Morgan fingerprint density at radius 3 is 2.42 bits per heavy atom. The molecule has 9 heteroatoms. The van der Waals surface area contributed by atoms with Gasteiger partial charge in [-0.15, -0.1) is 0 Å². The summed E-state index contributed by atoms with van der Waals surface area (Å²) in [6.45, 7) is 0.348. The molecule has 0 aliphatic heterocycles. The number of nitrogens with zero attached hydrogens (tertiary/aromatic N) is 1. The molecule has 2 aromatic rings. The van der Waals surface area contributed by atoms with Crippen LogP contribution < -0.4 is 10.2 Å². The third-order valence-electron chi connectivity index (χ3n) is 3.35. The van der Waals surface area contributed by atoms with Gasteiger partial charge in [-0.25, -0.2) is 4.39 Å². The van der Waals surface area contributed by atoms with E-state index in [-0.39, 0.29) is 10.7 Å². The van der Waals surface area contributed by atoms with Crippen LogP contribution >= 0.6 is 11.6 Å². The monoisotopic (exact) mass is 388 g/mol. The molecule has 2 amide bonds. The molecule has 0 fully saturated rings. The number of halogens is 5. The molecule has 0 saturated carbocycles. The third-order valence-corrected chi connectivity index (χ3v) is 3.58. The number of nitrogens with one attached hydrogen (secondary N) is 1. The lowest BCUT2D eigenvalue weighted by Gasteiger charge is -2.24. The summed E-state index contributed by atoms with van der Waals surface area (Å²) in [5.41, 5.74) is -1.52. The molecular formula is C17H13ClF4N2O2. The zero-order valence-corrected chi connectivity index (χ0v) is 14.2. The number of carbonyl (C=O) groups excluding carboxylic acids is 2. The molecule has 0 saturated heterocycles. The lowest BCUT2D eigenvalue weighted by Crippen LogP contribution is -2.37. The van der Waals surface area contributed by atoms with Crippen molar-refractivity contribution < 1.29 is 27.2 Å². The summed E-state index contributed by atoms with van der Waals surface area (Å²) < 4.78 is 52.9. The summed E-state index contributed by atoms with van der Waals surface area (Å²) in [6.07, 6.45) is -4.77. The fourth-order valence-corrected chi connectivity index (χ4v) is 2.42. The summed E-state index contributed by atoms with van der Waals surface area (Å²) in [5, 5.41) is 2.17. The second kappa shape index (κ2) is 7.74. The minimum absolute atomic E-state index is 0.116. The molecule has 138 valence electrons. The standard InChI is InChI=1S/C17H13ClF4N2O2/c1-10(25)24(9-16(26)23-13-4-2-3-12(19)8-13)15-6-5-11(18)7-14(15)17(20,21)22/h2-8H,9H2,1H3,(H,23,26). The van der Waals surface area contributed by atoms with Gasteiger partial charge in [0.25, 0.3) is 0 Å². The van der Waals surface area contributed by atoms with Gasteiger partial charge in [0, 0.05) is 17.6 Å². The van der Waals surface area contributed by atoms with Crippen molar-refractivity contribution in [2.24, 2.45) is 0 Å². The van der Waals surface area contributed by atoms with Crippen molar-refractivity contribution in [3.63, 3.8) is 0 Å². The lowest BCUT2D eigenvalue weighted by atomic mass is 10.1. The van der Waals surface area contributed by atoms with E-state index < -0.39 is 41.6 Å². The second-order valence-electron chi connectivity index (χ2n) is 5.32. The summed E-state index contributed by atoms with van der Waals surface area (Å²) >= 11 is 5.62. The quantitative estimate of drug-likeness (QED) is 0.784. The van der Waals surface area contributed by atoms with E-state index in [4.69, 9.17) is 11.6 Å². The van der Waals surface area contributed by atoms with Gasteiger partial charge in [0.1, 0.15) is 12.4 Å². The summed E-state index contributed by atoms with van der Waals surface area (Å²) in [7, 11) is 0. The van der Waals surface area contributed by atoms with Crippen LogP contribution in [-0.2, 0) is 15.8 Å². The second-order valence-corrected chi connectivity index (χ2v) is 5.76. The van der Waals surface area contributed by atoms with Crippen LogP contribution in [0, 0.1) is 5.82 Å². The minimum Gasteiger partial charge on any atom is -0.324 e. The zero-order chi connectivity index (χ0) is 19.5. The van der Waals surface area contributed by atoms with E-state index in [2.05, 4.69) is 5.32 Å². The van der Waals surface area contributed by atoms with Gasteiger partial charge in [-0.3, -0.25) is 9.59 Å². The maximum absolute atomic E-state index is 13.2. The van der Waals surface area contributed by atoms with Gasteiger partial charge in [-0.05, 0) is 36.4 Å². The van der Waals surface area contributed by atoms with Crippen LogP contribution in [0.3, 0.4) is 0 Å². The average Bonchev–Trinajstić information content (AvgIpc) is 2.52. The normalized spacial score (nSPS) is 11.2. The number of anilines is 2. The lowest BCUT2D eigenvalue weighted by molar-refractivity contribution is -0.137. The van der Waals surface area contributed by atoms with E-state index in [0.29, 0.717) is 11.0 Å². The highest BCUT2D eigenvalue weighted by atomic mass is 35.5. The van der Waals surface area contributed by atoms with Crippen LogP contribution in [0.4, 0.5) is 28.9 Å². The van der Waals surface area contributed by atoms with Crippen LogP contribution in [0.2, 0.25) is 5.02 Å². The van der Waals surface area contributed by atoms with E-state index in [1.165, 1.54) is 24.3 Å². The van der Waals surface area contributed by atoms with Gasteiger partial charge in [0.15, 0.2) is 0 Å². The fraction of sp³-hybridized carbons (Fsp3) is 0.176. The first-order valence-electron chi connectivity index (χ1n) is 7.28. The number of amides is 2. The number of rotatable bonds is 4. The van der Waals surface area contributed by atoms with Crippen molar-refractivity contribution in [3.8, 4) is 0 Å². The Hall–Kier alpha value is -2.61. The highest BCUT2D eigenvalue weighted by molar-refractivity contribution is 6.30. The molecule has 2 aromatic carbocycles. The summed E-state index contributed by atoms with van der Waals surface area (Å²) in [4.78, 5) is 24.6. The molecule has 0 heterocycles. The van der Waals surface area contributed by atoms with Crippen molar-refractivity contribution in [1.29, 1.82) is 0 Å². The highest BCUT2D eigenvalue weighted by Crippen LogP contribution is 2.38. The Labute approximate surface area is 151 Å². The Kier molecular flexibility index (Phi) is 5.86. The maximum atomic E-state index is 13.2. The smallest absolute Gasteiger partial charge is 0.324 e. The predicted octanol–water partition coefficient (Wildman–Crippen LogP) is 4.49. The van der Waals surface area contributed by atoms with Gasteiger partial charge in [0.2, 0.25) is 11.8 Å². The number of benzene rings is 2. The zero-order valence-electron chi connectivity index (χ0n) is 13.4. The molecular weight excluding hydrogens is 376 g/mol. The van der Waals surface area contributed by atoms with E-state index in [1.807, 2.05) is 0 Å². The number of hydrogen-bond donors (Lipinski definition) is 1. The minimum atomic E-state index is -4.77. The molecule has 0 bridgehead atoms. The van der Waals surface area contributed by atoms with Gasteiger partial charge in [0.05, 0.1) is 11.3 Å². The first kappa shape index (κ1) is 19.7. The van der Waals surface area contributed by atoms with Crippen LogP contribution in [0.15, 0.2) is 42.5 Å². The Morgan fingerprint density at radius 2 is 1.85 bits per heavy atom. The molecule has 0 aliphatic rings. The van der Waals surface area contributed by atoms with E-state index >= 15 is 0 Å². The molecule has 26 heavy (non-hydrogen) atoms. The van der Waals surface area contributed by atoms with Crippen LogP contribution in [0.1, 0.15) is 12.5 Å². The van der Waals surface area contributed by atoms with Crippen molar-refractivity contribution in [1.82, 2.24) is 0 Å². The Morgan fingerprint density at radius 1 is 1.15 bits per heavy atom. The average molecular weight is 389 g/mol. The third kappa shape index (κ3) is 4.95. The van der Waals surface area contributed by atoms with Crippen LogP contribution in [-0.4, -0.2) is 18.4 Å². The van der Waals surface area contributed by atoms with Gasteiger partial charge in [-0.2, -0.15) is 13.2 Å². The molecule has 0 aliphatic carbocycles. The Balaban J connectivity index is 2.30. The molecule has 4 nitrogen and oxygen atoms in total. The molecule has 0 radical (unpaired) electrons. The van der Waals surface area contributed by atoms with E-state index in [0.717, 1.165) is 19.1 Å². The van der Waals surface area contributed by atoms with Crippen LogP contribution in [0.25, 0.3) is 0 Å². The van der Waals surface area contributed by atoms with Crippen molar-refractivity contribution in [2.45, 2.75) is 13.1 Å². The molecule has 0 atom stereocenters. The summed E-state index contributed by atoms with van der Waals surface area (Å²) in [6, 6.07) is 7.85.